The van der Waals surface area contributed by atoms with E-state index in [1.807, 2.05) is 12.1 Å². The SMILES string of the molecule is OCCC[C@H](c1cccc(Br)c1F)N1CCNCC1. The molecule has 1 fully saturated rings. The van der Waals surface area contributed by atoms with Crippen LogP contribution in [0, 0.1) is 5.82 Å². The van der Waals surface area contributed by atoms with E-state index < -0.39 is 0 Å². The summed E-state index contributed by atoms with van der Waals surface area (Å²) >= 11 is 3.25. The monoisotopic (exact) mass is 330 g/mol. The molecule has 5 heteroatoms. The Balaban J connectivity index is 2.22. The number of piperazine rings is 1. The Hall–Kier alpha value is -0.490. The minimum atomic E-state index is -0.177. The Labute approximate surface area is 121 Å². The van der Waals surface area contributed by atoms with Crippen LogP contribution in [0.5, 0.6) is 0 Å². The summed E-state index contributed by atoms with van der Waals surface area (Å²) in [5.41, 5.74) is 0.727. The van der Waals surface area contributed by atoms with Gasteiger partial charge in [-0.15, -0.1) is 0 Å². The van der Waals surface area contributed by atoms with E-state index in [0.717, 1.165) is 38.2 Å². The summed E-state index contributed by atoms with van der Waals surface area (Å²) in [6.45, 7) is 3.86. The zero-order valence-corrected chi connectivity index (χ0v) is 12.5. The quantitative estimate of drug-likeness (QED) is 0.869. The van der Waals surface area contributed by atoms with Crippen molar-refractivity contribution in [1.29, 1.82) is 0 Å². The van der Waals surface area contributed by atoms with Gasteiger partial charge in [0.2, 0.25) is 0 Å². The number of nitrogens with zero attached hydrogens (tertiary/aromatic N) is 1. The fourth-order valence-corrected chi connectivity index (χ4v) is 2.97. The maximum atomic E-state index is 14.3. The van der Waals surface area contributed by atoms with Gasteiger partial charge in [-0.3, -0.25) is 4.90 Å². The molecule has 0 spiro atoms. The fourth-order valence-electron chi connectivity index (χ4n) is 2.59. The molecule has 2 rings (SSSR count). The molecule has 0 amide bonds. The van der Waals surface area contributed by atoms with Crippen LogP contribution in [0.4, 0.5) is 4.39 Å². The van der Waals surface area contributed by atoms with E-state index >= 15 is 0 Å². The lowest BCUT2D eigenvalue weighted by Crippen LogP contribution is -2.45. The second-order valence-electron chi connectivity index (χ2n) is 4.81. The Kier molecular flexibility index (Phi) is 5.76. The lowest BCUT2D eigenvalue weighted by Gasteiger charge is -2.35. The van der Waals surface area contributed by atoms with Gasteiger partial charge < -0.3 is 10.4 Å². The van der Waals surface area contributed by atoms with Crippen molar-refractivity contribution in [2.45, 2.75) is 18.9 Å². The largest absolute Gasteiger partial charge is 0.396 e. The van der Waals surface area contributed by atoms with Crippen LogP contribution >= 0.6 is 15.9 Å². The highest BCUT2D eigenvalue weighted by molar-refractivity contribution is 9.10. The number of benzene rings is 1. The number of hydrogen-bond donors (Lipinski definition) is 2. The van der Waals surface area contributed by atoms with Gasteiger partial charge in [-0.05, 0) is 34.8 Å². The molecular formula is C14H20BrFN2O. The normalized spacial score (nSPS) is 18.5. The predicted octanol–water partition coefficient (Wildman–Crippen LogP) is 2.31. The average Bonchev–Trinajstić information content (AvgIpc) is 2.45. The smallest absolute Gasteiger partial charge is 0.142 e. The van der Waals surface area contributed by atoms with E-state index in [9.17, 15) is 4.39 Å². The molecule has 1 aromatic carbocycles. The number of rotatable bonds is 5. The van der Waals surface area contributed by atoms with Crippen molar-refractivity contribution in [3.8, 4) is 0 Å². The first-order chi connectivity index (χ1) is 9.24. The van der Waals surface area contributed by atoms with Gasteiger partial charge in [-0.2, -0.15) is 0 Å². The number of hydrogen-bond acceptors (Lipinski definition) is 3. The minimum Gasteiger partial charge on any atom is -0.396 e. The lowest BCUT2D eigenvalue weighted by molar-refractivity contribution is 0.151. The Morgan fingerprint density at radius 3 is 2.79 bits per heavy atom. The molecule has 0 unspecified atom stereocenters. The molecule has 0 aromatic heterocycles. The Morgan fingerprint density at radius 1 is 1.37 bits per heavy atom. The van der Waals surface area contributed by atoms with Crippen molar-refractivity contribution in [2.75, 3.05) is 32.8 Å². The molecule has 1 aromatic rings. The molecule has 0 aliphatic carbocycles. The van der Waals surface area contributed by atoms with E-state index in [-0.39, 0.29) is 18.5 Å². The number of aliphatic hydroxyl groups excluding tert-OH is 1. The number of nitrogens with one attached hydrogen (secondary N) is 1. The topological polar surface area (TPSA) is 35.5 Å². The van der Waals surface area contributed by atoms with Gasteiger partial charge in [-0.25, -0.2) is 4.39 Å². The summed E-state index contributed by atoms with van der Waals surface area (Å²) < 4.78 is 14.8. The lowest BCUT2D eigenvalue weighted by atomic mass is 9.99. The van der Waals surface area contributed by atoms with Crippen molar-refractivity contribution >= 4 is 15.9 Å². The highest BCUT2D eigenvalue weighted by Gasteiger charge is 2.24. The predicted molar refractivity (Wildman–Crippen MR) is 77.6 cm³/mol. The molecule has 1 heterocycles. The van der Waals surface area contributed by atoms with Gasteiger partial charge in [0.1, 0.15) is 5.82 Å². The van der Waals surface area contributed by atoms with Crippen LogP contribution in [0.25, 0.3) is 0 Å². The first kappa shape index (κ1) is 14.9. The molecule has 1 saturated heterocycles. The second kappa shape index (κ2) is 7.33. The third-order valence-electron chi connectivity index (χ3n) is 3.57. The maximum absolute atomic E-state index is 14.3. The Morgan fingerprint density at radius 2 is 2.11 bits per heavy atom. The van der Waals surface area contributed by atoms with Crippen molar-refractivity contribution in [3.05, 3.63) is 34.1 Å². The maximum Gasteiger partial charge on any atom is 0.142 e. The van der Waals surface area contributed by atoms with Crippen molar-refractivity contribution < 1.29 is 9.50 Å². The highest BCUT2D eigenvalue weighted by atomic mass is 79.9. The van der Waals surface area contributed by atoms with Crippen LogP contribution < -0.4 is 5.32 Å². The third kappa shape index (κ3) is 3.75. The van der Waals surface area contributed by atoms with Crippen LogP contribution in [0.3, 0.4) is 0 Å². The van der Waals surface area contributed by atoms with Gasteiger partial charge in [-0.1, -0.05) is 12.1 Å². The standard InChI is InChI=1S/C14H20BrFN2O/c15-12-4-1-3-11(14(12)16)13(5-2-10-19)18-8-6-17-7-9-18/h1,3-4,13,17,19H,2,5-10H2/t13-/m1/s1. The van der Waals surface area contributed by atoms with Crippen LogP contribution in [-0.4, -0.2) is 42.8 Å². The molecule has 19 heavy (non-hydrogen) atoms. The fraction of sp³-hybridized carbons (Fsp3) is 0.571. The van der Waals surface area contributed by atoms with Gasteiger partial charge in [0.05, 0.1) is 4.47 Å². The highest BCUT2D eigenvalue weighted by Crippen LogP contribution is 2.31. The van der Waals surface area contributed by atoms with Crippen LogP contribution in [0.2, 0.25) is 0 Å². The molecule has 0 radical (unpaired) electrons. The molecule has 3 nitrogen and oxygen atoms in total. The third-order valence-corrected chi connectivity index (χ3v) is 4.18. The zero-order chi connectivity index (χ0) is 13.7. The summed E-state index contributed by atoms with van der Waals surface area (Å²) in [6, 6.07) is 5.49. The second-order valence-corrected chi connectivity index (χ2v) is 5.66. The van der Waals surface area contributed by atoms with Crippen molar-refractivity contribution in [2.24, 2.45) is 0 Å². The molecule has 1 atom stereocenters. The summed E-state index contributed by atoms with van der Waals surface area (Å²) in [5.74, 6) is -0.177. The summed E-state index contributed by atoms with van der Waals surface area (Å²) in [7, 11) is 0. The summed E-state index contributed by atoms with van der Waals surface area (Å²) in [4.78, 5) is 2.30. The molecule has 2 N–H and O–H groups in total. The van der Waals surface area contributed by atoms with Gasteiger partial charge in [0.25, 0.3) is 0 Å². The van der Waals surface area contributed by atoms with E-state index in [1.54, 1.807) is 6.07 Å². The molecule has 106 valence electrons. The molecule has 1 aliphatic rings. The van der Waals surface area contributed by atoms with E-state index in [4.69, 9.17) is 5.11 Å². The molecule has 0 bridgehead atoms. The van der Waals surface area contributed by atoms with E-state index in [1.165, 1.54) is 0 Å². The number of halogens is 2. The van der Waals surface area contributed by atoms with E-state index in [0.29, 0.717) is 10.9 Å². The van der Waals surface area contributed by atoms with Gasteiger partial charge >= 0.3 is 0 Å². The first-order valence-electron chi connectivity index (χ1n) is 6.73. The molecule has 1 aliphatic heterocycles. The minimum absolute atomic E-state index is 0.0479. The molecular weight excluding hydrogens is 311 g/mol. The Bertz CT molecular complexity index is 410. The summed E-state index contributed by atoms with van der Waals surface area (Å²) in [5, 5.41) is 12.4. The van der Waals surface area contributed by atoms with Crippen molar-refractivity contribution in [1.82, 2.24) is 10.2 Å². The molecule has 0 saturated carbocycles. The van der Waals surface area contributed by atoms with Crippen LogP contribution in [0.15, 0.2) is 22.7 Å². The van der Waals surface area contributed by atoms with Gasteiger partial charge in [0, 0.05) is 44.4 Å². The van der Waals surface area contributed by atoms with Crippen LogP contribution in [0.1, 0.15) is 24.4 Å². The zero-order valence-electron chi connectivity index (χ0n) is 10.9. The average molecular weight is 331 g/mol. The van der Waals surface area contributed by atoms with Gasteiger partial charge in [0.15, 0.2) is 0 Å². The summed E-state index contributed by atoms with van der Waals surface area (Å²) in [6.07, 6.45) is 1.48. The number of aliphatic hydroxyl groups is 1. The first-order valence-corrected chi connectivity index (χ1v) is 7.53. The van der Waals surface area contributed by atoms with Crippen LogP contribution in [-0.2, 0) is 0 Å². The van der Waals surface area contributed by atoms with E-state index in [2.05, 4.69) is 26.1 Å². The van der Waals surface area contributed by atoms with Crippen molar-refractivity contribution in [3.63, 3.8) is 0 Å².